The van der Waals surface area contributed by atoms with Crippen molar-refractivity contribution in [1.82, 2.24) is 25.4 Å². The first-order valence-corrected chi connectivity index (χ1v) is 11.7. The van der Waals surface area contributed by atoms with Crippen molar-refractivity contribution in [2.75, 3.05) is 52.9 Å². The fourth-order valence-electron chi connectivity index (χ4n) is 4.62. The highest BCUT2D eigenvalue weighted by Gasteiger charge is 2.30. The van der Waals surface area contributed by atoms with Gasteiger partial charge in [-0.15, -0.1) is 24.0 Å². The molecule has 2 aromatic rings. The summed E-state index contributed by atoms with van der Waals surface area (Å²) in [4.78, 5) is 24.6. The van der Waals surface area contributed by atoms with Crippen LogP contribution in [0.25, 0.3) is 10.9 Å². The molecular formula is C24H37IN6O. The first-order chi connectivity index (χ1) is 15.2. The first-order valence-electron chi connectivity index (χ1n) is 11.7. The van der Waals surface area contributed by atoms with Crippen LogP contribution in [0, 0.1) is 12.8 Å². The number of carbonyl (C=O) groups is 1. The third-order valence-electron chi connectivity index (χ3n) is 6.77. The van der Waals surface area contributed by atoms with Gasteiger partial charge < -0.3 is 20.5 Å². The first kappa shape index (κ1) is 24.8. The Kier molecular flexibility index (Phi) is 9.22. The fraction of sp³-hybridized carbons (Fsp3) is 0.583. The Labute approximate surface area is 208 Å². The molecule has 1 aromatic carbocycles. The molecule has 1 saturated carbocycles. The number of halogens is 1. The Hall–Kier alpha value is -1.81. The van der Waals surface area contributed by atoms with Crippen molar-refractivity contribution in [2.24, 2.45) is 10.9 Å². The lowest BCUT2D eigenvalue weighted by atomic mass is 9.84. The number of guanidine groups is 1. The maximum absolute atomic E-state index is 12.4. The zero-order chi connectivity index (χ0) is 21.6. The van der Waals surface area contributed by atoms with Crippen LogP contribution in [0.15, 0.2) is 29.4 Å². The second kappa shape index (κ2) is 11.9. The number of fused-ring (bicyclic) bond motifs is 1. The van der Waals surface area contributed by atoms with Crippen LogP contribution in [0.4, 0.5) is 0 Å². The number of aryl methyl sites for hydroxylation is 1. The monoisotopic (exact) mass is 552 g/mol. The quantitative estimate of drug-likeness (QED) is 0.281. The summed E-state index contributed by atoms with van der Waals surface area (Å²) in [6, 6.07) is 6.38. The molecule has 3 N–H and O–H groups in total. The van der Waals surface area contributed by atoms with Crippen molar-refractivity contribution >= 4 is 46.7 Å². The number of nitrogens with zero attached hydrogens (tertiary/aromatic N) is 3. The number of amides is 1. The van der Waals surface area contributed by atoms with E-state index in [1.165, 1.54) is 28.5 Å². The largest absolute Gasteiger partial charge is 0.361 e. The van der Waals surface area contributed by atoms with Crippen molar-refractivity contribution in [2.45, 2.75) is 32.6 Å². The van der Waals surface area contributed by atoms with E-state index in [1.807, 2.05) is 7.05 Å². The van der Waals surface area contributed by atoms with E-state index in [4.69, 9.17) is 0 Å². The smallest absolute Gasteiger partial charge is 0.225 e. The minimum Gasteiger partial charge on any atom is -0.361 e. The Morgan fingerprint density at radius 1 is 1.16 bits per heavy atom. The van der Waals surface area contributed by atoms with Crippen molar-refractivity contribution < 1.29 is 4.79 Å². The lowest BCUT2D eigenvalue weighted by molar-refractivity contribution is -0.139. The third kappa shape index (κ3) is 5.95. The van der Waals surface area contributed by atoms with E-state index in [2.05, 4.69) is 61.7 Å². The second-order valence-corrected chi connectivity index (χ2v) is 8.78. The standard InChI is InChI=1S/C24H36N6O.HI/c1-18-5-3-8-21-22(18)20(17-28-21)9-10-26-24(25-2)27-11-12-29-13-15-30(16-14-29)23(31)19-6-4-7-19;/h3,5,8,17,19,28H,4,6-7,9-16H2,1-2H3,(H2,25,26,27);1H. The number of piperazine rings is 1. The summed E-state index contributed by atoms with van der Waals surface area (Å²) in [6.45, 7) is 8.48. The van der Waals surface area contributed by atoms with Gasteiger partial charge in [0.2, 0.25) is 5.91 Å². The molecule has 1 saturated heterocycles. The molecule has 8 heteroatoms. The molecule has 1 aliphatic heterocycles. The third-order valence-corrected chi connectivity index (χ3v) is 6.77. The number of benzene rings is 1. The van der Waals surface area contributed by atoms with E-state index in [1.54, 1.807) is 0 Å². The van der Waals surface area contributed by atoms with Gasteiger partial charge in [-0.2, -0.15) is 0 Å². The van der Waals surface area contributed by atoms with Gasteiger partial charge in [-0.3, -0.25) is 14.7 Å². The van der Waals surface area contributed by atoms with Gasteiger partial charge in [0.25, 0.3) is 0 Å². The summed E-state index contributed by atoms with van der Waals surface area (Å²) in [5, 5.41) is 8.19. The predicted molar refractivity (Wildman–Crippen MR) is 142 cm³/mol. The number of rotatable bonds is 7. The minimum atomic E-state index is 0. The molecule has 0 spiro atoms. The van der Waals surface area contributed by atoms with Gasteiger partial charge in [0.1, 0.15) is 0 Å². The van der Waals surface area contributed by atoms with E-state index in [-0.39, 0.29) is 24.0 Å². The SMILES string of the molecule is CN=C(NCCc1c[nH]c2cccc(C)c12)NCCN1CCN(C(=O)C2CCC2)CC1.I. The molecule has 32 heavy (non-hydrogen) atoms. The molecular weight excluding hydrogens is 515 g/mol. The fourth-order valence-corrected chi connectivity index (χ4v) is 4.62. The number of aromatic nitrogens is 1. The summed E-state index contributed by atoms with van der Waals surface area (Å²) in [5.41, 5.74) is 3.85. The number of H-pyrrole nitrogens is 1. The zero-order valence-corrected chi connectivity index (χ0v) is 21.7. The van der Waals surface area contributed by atoms with Crippen LogP contribution in [-0.2, 0) is 11.2 Å². The van der Waals surface area contributed by atoms with Crippen molar-refractivity contribution in [3.63, 3.8) is 0 Å². The van der Waals surface area contributed by atoms with Crippen LogP contribution < -0.4 is 10.6 Å². The molecule has 2 aliphatic rings. The molecule has 0 unspecified atom stereocenters. The summed E-state index contributed by atoms with van der Waals surface area (Å²) in [7, 11) is 1.82. The van der Waals surface area contributed by atoms with E-state index >= 15 is 0 Å². The summed E-state index contributed by atoms with van der Waals surface area (Å²) in [5.74, 6) is 1.55. The van der Waals surface area contributed by atoms with Crippen molar-refractivity contribution in [3.05, 3.63) is 35.5 Å². The highest BCUT2D eigenvalue weighted by atomic mass is 127. The lowest BCUT2D eigenvalue weighted by Crippen LogP contribution is -2.52. The molecule has 1 aliphatic carbocycles. The maximum Gasteiger partial charge on any atom is 0.225 e. The molecule has 0 radical (unpaired) electrons. The number of hydrogen-bond acceptors (Lipinski definition) is 3. The van der Waals surface area contributed by atoms with Crippen LogP contribution in [-0.4, -0.2) is 79.5 Å². The maximum atomic E-state index is 12.4. The Morgan fingerprint density at radius 2 is 1.91 bits per heavy atom. The van der Waals surface area contributed by atoms with E-state index < -0.39 is 0 Å². The molecule has 176 valence electrons. The number of hydrogen-bond donors (Lipinski definition) is 3. The van der Waals surface area contributed by atoms with Crippen molar-refractivity contribution in [3.8, 4) is 0 Å². The molecule has 7 nitrogen and oxygen atoms in total. The molecule has 0 bridgehead atoms. The van der Waals surface area contributed by atoms with E-state index in [9.17, 15) is 4.79 Å². The van der Waals surface area contributed by atoms with Gasteiger partial charge in [0.05, 0.1) is 0 Å². The molecule has 2 fully saturated rings. The number of aliphatic imine (C=N–C) groups is 1. The van der Waals surface area contributed by atoms with Crippen LogP contribution >= 0.6 is 24.0 Å². The van der Waals surface area contributed by atoms with Gasteiger partial charge in [0, 0.05) is 75.9 Å². The Balaban J connectivity index is 0.00000289. The molecule has 2 heterocycles. The summed E-state index contributed by atoms with van der Waals surface area (Å²) in [6.07, 6.45) is 6.47. The second-order valence-electron chi connectivity index (χ2n) is 8.78. The normalized spacial score (nSPS) is 17.7. The van der Waals surface area contributed by atoms with Crippen molar-refractivity contribution in [1.29, 1.82) is 0 Å². The summed E-state index contributed by atoms with van der Waals surface area (Å²) >= 11 is 0. The highest BCUT2D eigenvalue weighted by molar-refractivity contribution is 14.0. The summed E-state index contributed by atoms with van der Waals surface area (Å²) < 4.78 is 0. The number of carbonyl (C=O) groups excluding carboxylic acids is 1. The molecule has 1 amide bonds. The topological polar surface area (TPSA) is 75.8 Å². The zero-order valence-electron chi connectivity index (χ0n) is 19.3. The average molecular weight is 553 g/mol. The average Bonchev–Trinajstić information content (AvgIpc) is 3.16. The molecule has 0 atom stereocenters. The highest BCUT2D eigenvalue weighted by Crippen LogP contribution is 2.28. The van der Waals surface area contributed by atoms with Gasteiger partial charge in [-0.1, -0.05) is 18.6 Å². The minimum absolute atomic E-state index is 0. The van der Waals surface area contributed by atoms with Crippen LogP contribution in [0.3, 0.4) is 0 Å². The molecule has 1 aromatic heterocycles. The molecule has 4 rings (SSSR count). The number of aromatic amines is 1. The van der Waals surface area contributed by atoms with Gasteiger partial charge in [-0.05, 0) is 43.4 Å². The lowest BCUT2D eigenvalue weighted by Gasteiger charge is -2.38. The van der Waals surface area contributed by atoms with Crippen LogP contribution in [0.5, 0.6) is 0 Å². The Morgan fingerprint density at radius 3 is 2.59 bits per heavy atom. The number of nitrogens with one attached hydrogen (secondary N) is 3. The van der Waals surface area contributed by atoms with E-state index in [0.29, 0.717) is 11.8 Å². The van der Waals surface area contributed by atoms with Crippen LogP contribution in [0.2, 0.25) is 0 Å². The van der Waals surface area contributed by atoms with Gasteiger partial charge in [-0.25, -0.2) is 0 Å². The van der Waals surface area contributed by atoms with E-state index in [0.717, 1.165) is 71.0 Å². The Bertz CT molecular complexity index is 914. The predicted octanol–water partition coefficient (Wildman–Crippen LogP) is 2.75. The van der Waals surface area contributed by atoms with Crippen LogP contribution in [0.1, 0.15) is 30.4 Å². The van der Waals surface area contributed by atoms with Gasteiger partial charge >= 0.3 is 0 Å². The van der Waals surface area contributed by atoms with Gasteiger partial charge in [0.15, 0.2) is 5.96 Å².